The highest BCUT2D eigenvalue weighted by molar-refractivity contribution is 7.57. The lowest BCUT2D eigenvalue weighted by molar-refractivity contribution is -0.942. The summed E-state index contributed by atoms with van der Waals surface area (Å²) >= 11 is 0. The van der Waals surface area contributed by atoms with Crippen LogP contribution in [0.15, 0.2) is 48.5 Å². The molecule has 0 amide bonds. The first-order valence-corrected chi connectivity index (χ1v) is 15.6. The number of carbonyl (C=O) groups excluding carboxylic acids is 1. The summed E-state index contributed by atoms with van der Waals surface area (Å²) in [7, 11) is -2.25. The van der Waals surface area contributed by atoms with Gasteiger partial charge in [-0.25, -0.2) is 5.09 Å². The number of methoxy groups -OCH3 is 1. The zero-order chi connectivity index (χ0) is 29.2. The van der Waals surface area contributed by atoms with Crippen LogP contribution in [0, 0.1) is 0 Å². The van der Waals surface area contributed by atoms with Crippen LogP contribution in [0.1, 0.15) is 77.5 Å². The second-order valence-electron chi connectivity index (χ2n) is 10.9. The molecule has 2 rings (SSSR count). The molecular weight excluding hydrogens is 551 g/mol. The van der Waals surface area contributed by atoms with Crippen molar-refractivity contribution in [1.29, 1.82) is 0 Å². The molecule has 0 spiro atoms. The molecule has 0 aromatic heterocycles. The van der Waals surface area contributed by atoms with Crippen LogP contribution in [0.2, 0.25) is 0 Å². The lowest BCUT2D eigenvalue weighted by atomic mass is 9.86. The molecule has 1 unspecified atom stereocenters. The molecule has 10 heteroatoms. The van der Waals surface area contributed by atoms with E-state index in [0.717, 1.165) is 29.7 Å². The first kappa shape index (κ1) is 36.1. The molecule has 226 valence electrons. The molecule has 2 aromatic carbocycles. The van der Waals surface area contributed by atoms with Crippen LogP contribution in [0.3, 0.4) is 0 Å². The lowest BCUT2D eigenvalue weighted by Gasteiger charge is -2.30. The van der Waals surface area contributed by atoms with Gasteiger partial charge in [0.05, 0.1) is 31.3 Å². The molecule has 2 aromatic rings. The maximum atomic E-state index is 14.0. The first-order chi connectivity index (χ1) is 18.4. The largest absolute Gasteiger partial charge is 1.00 e. The average molecular weight is 599 g/mol. The van der Waals surface area contributed by atoms with Gasteiger partial charge in [0.25, 0.3) is 0 Å². The summed E-state index contributed by atoms with van der Waals surface area (Å²) in [5, 5.41) is 12.8. The van der Waals surface area contributed by atoms with Gasteiger partial charge in [0.15, 0.2) is 0 Å². The third-order valence-electron chi connectivity index (χ3n) is 6.68. The van der Waals surface area contributed by atoms with Crippen molar-refractivity contribution in [2.45, 2.75) is 91.6 Å². The smallest absolute Gasteiger partial charge is 0.342 e. The summed E-state index contributed by atoms with van der Waals surface area (Å²) in [5.41, 5.74) is 2.67. The van der Waals surface area contributed by atoms with E-state index in [4.69, 9.17) is 14.0 Å². The fourth-order valence-corrected chi connectivity index (χ4v) is 6.59. The number of carbonyl (C=O) groups is 1. The van der Waals surface area contributed by atoms with Gasteiger partial charge in [-0.2, -0.15) is 0 Å². The quantitative estimate of drug-likeness (QED) is 0.199. The van der Waals surface area contributed by atoms with E-state index in [9.17, 15) is 14.5 Å². The van der Waals surface area contributed by atoms with Crippen molar-refractivity contribution in [1.82, 2.24) is 5.09 Å². The highest BCUT2D eigenvalue weighted by atomic mass is 35.5. The molecule has 3 atom stereocenters. The predicted molar refractivity (Wildman–Crippen MR) is 155 cm³/mol. The molecule has 0 saturated carbocycles. The standard InChI is InChI=1S/C30H47N2O6P.ClH/c1-21(2)32(22(3)4)17-16-27(26-12-10-9-11-13-26)28-18-25(19-33)14-15-29(28)38-39(35,20-36-8)31-24(7)30(34)37-23(5)6;/h9-15,18,21-24,27,33H,16-17,19-20H2,1-8H3,(H,31,35);1H/t24-,27+,39?;/m0./s1. The summed E-state index contributed by atoms with van der Waals surface area (Å²) in [6.07, 6.45) is 0.287. The fraction of sp³-hybridized carbons (Fsp3) is 0.567. The monoisotopic (exact) mass is 598 g/mol. The van der Waals surface area contributed by atoms with Gasteiger partial charge >= 0.3 is 13.5 Å². The molecule has 8 nitrogen and oxygen atoms in total. The van der Waals surface area contributed by atoms with Gasteiger partial charge in [-0.05, 0) is 71.7 Å². The summed E-state index contributed by atoms with van der Waals surface area (Å²) in [4.78, 5) is 13.9. The Morgan fingerprint density at radius 2 is 1.62 bits per heavy atom. The Bertz CT molecular complexity index is 1080. The SMILES string of the molecule is COCP(=O)(N[C@@H](C)C(=O)OC(C)C)Oc1ccc(CO)cc1[C@H](CC[NH+](C(C)C)C(C)C)c1ccccc1.[Cl-]. The Hall–Kier alpha value is -1.93. The van der Waals surface area contributed by atoms with Gasteiger partial charge in [0.1, 0.15) is 18.1 Å². The molecule has 0 bridgehead atoms. The van der Waals surface area contributed by atoms with Crippen LogP contribution >= 0.6 is 7.52 Å². The molecule has 0 radical (unpaired) electrons. The number of nitrogens with one attached hydrogen (secondary N) is 2. The van der Waals surface area contributed by atoms with E-state index in [1.807, 2.05) is 24.3 Å². The zero-order valence-corrected chi connectivity index (χ0v) is 26.8. The summed E-state index contributed by atoms with van der Waals surface area (Å²) in [5.74, 6) is -0.165. The highest BCUT2D eigenvalue weighted by Crippen LogP contribution is 2.47. The number of aliphatic hydroxyl groups excluding tert-OH is 1. The number of hydrogen-bond acceptors (Lipinski definition) is 6. The van der Waals surface area contributed by atoms with E-state index in [2.05, 4.69) is 44.9 Å². The Morgan fingerprint density at radius 1 is 1.00 bits per heavy atom. The van der Waals surface area contributed by atoms with E-state index in [-0.39, 0.29) is 37.4 Å². The topological polar surface area (TPSA) is 98.5 Å². The van der Waals surface area contributed by atoms with E-state index in [1.54, 1.807) is 32.9 Å². The van der Waals surface area contributed by atoms with Crippen molar-refractivity contribution < 1.29 is 45.8 Å². The normalized spacial score (nSPS) is 14.6. The molecule has 0 fully saturated rings. The number of hydrogen-bond donors (Lipinski definition) is 3. The van der Waals surface area contributed by atoms with Gasteiger partial charge in [-0.1, -0.05) is 36.4 Å². The van der Waals surface area contributed by atoms with Crippen LogP contribution in [0.4, 0.5) is 0 Å². The first-order valence-electron chi connectivity index (χ1n) is 13.8. The Balaban J connectivity index is 0.00000800. The minimum absolute atomic E-state index is 0. The van der Waals surface area contributed by atoms with Crippen molar-refractivity contribution in [3.63, 3.8) is 0 Å². The van der Waals surface area contributed by atoms with Crippen molar-refractivity contribution in [2.24, 2.45) is 0 Å². The summed E-state index contributed by atoms with van der Waals surface area (Å²) < 4.78 is 30.7. The lowest BCUT2D eigenvalue weighted by Crippen LogP contribution is -3.17. The number of halogens is 1. The van der Waals surface area contributed by atoms with Gasteiger partial charge in [-0.15, -0.1) is 0 Å². The van der Waals surface area contributed by atoms with Crippen molar-refractivity contribution in [3.8, 4) is 5.75 Å². The van der Waals surface area contributed by atoms with Crippen molar-refractivity contribution in [2.75, 3.05) is 20.0 Å². The van der Waals surface area contributed by atoms with E-state index in [0.29, 0.717) is 17.8 Å². The molecule has 0 aliphatic carbocycles. The van der Waals surface area contributed by atoms with Crippen molar-refractivity contribution in [3.05, 3.63) is 65.2 Å². The number of quaternary nitrogens is 1. The molecular formula is C30H48ClN2O6P. The minimum atomic E-state index is -3.69. The zero-order valence-electron chi connectivity index (χ0n) is 25.1. The maximum absolute atomic E-state index is 14.0. The Morgan fingerprint density at radius 3 is 2.15 bits per heavy atom. The Labute approximate surface area is 246 Å². The molecule has 3 N–H and O–H groups in total. The fourth-order valence-electron chi connectivity index (χ4n) is 4.89. The van der Waals surface area contributed by atoms with E-state index >= 15 is 0 Å². The van der Waals surface area contributed by atoms with E-state index in [1.165, 1.54) is 12.0 Å². The number of ether oxygens (including phenoxy) is 2. The number of aliphatic hydroxyl groups is 1. The third-order valence-corrected chi connectivity index (χ3v) is 8.55. The molecule has 0 heterocycles. The molecule has 0 aliphatic heterocycles. The maximum Gasteiger partial charge on any atom is 0.342 e. The van der Waals surface area contributed by atoms with Gasteiger partial charge in [0, 0.05) is 25.0 Å². The number of rotatable bonds is 16. The molecule has 0 aliphatic rings. The average Bonchev–Trinajstić information content (AvgIpc) is 2.86. The molecule has 40 heavy (non-hydrogen) atoms. The minimum Gasteiger partial charge on any atom is -1.00 e. The highest BCUT2D eigenvalue weighted by Gasteiger charge is 2.33. The number of benzene rings is 2. The van der Waals surface area contributed by atoms with Crippen LogP contribution in [0.5, 0.6) is 5.75 Å². The van der Waals surface area contributed by atoms with Gasteiger partial charge in [0.2, 0.25) is 0 Å². The van der Waals surface area contributed by atoms with Crippen LogP contribution in [-0.2, 0) is 25.4 Å². The molecule has 0 saturated heterocycles. The van der Waals surface area contributed by atoms with Gasteiger partial charge < -0.3 is 36.4 Å². The van der Waals surface area contributed by atoms with Gasteiger partial charge in [-0.3, -0.25) is 9.36 Å². The third kappa shape index (κ3) is 10.8. The van der Waals surface area contributed by atoms with Crippen LogP contribution in [-0.4, -0.2) is 55.3 Å². The number of esters is 1. The van der Waals surface area contributed by atoms with Crippen LogP contribution < -0.4 is 26.9 Å². The van der Waals surface area contributed by atoms with E-state index < -0.39 is 19.5 Å². The second kappa shape index (κ2) is 17.1. The van der Waals surface area contributed by atoms with Crippen molar-refractivity contribution >= 4 is 13.5 Å². The van der Waals surface area contributed by atoms with Crippen LogP contribution in [0.25, 0.3) is 0 Å². The summed E-state index contributed by atoms with van der Waals surface area (Å²) in [6.45, 7) is 14.8. The Kier molecular flexibility index (Phi) is 15.5. The second-order valence-corrected chi connectivity index (χ2v) is 13.0. The summed E-state index contributed by atoms with van der Waals surface area (Å²) in [6, 6.07) is 15.6. The predicted octanol–water partition coefficient (Wildman–Crippen LogP) is 1.51.